The van der Waals surface area contributed by atoms with Crippen LogP contribution >= 0.6 is 0 Å². The third kappa shape index (κ3) is 2.80. The van der Waals surface area contributed by atoms with Crippen LogP contribution in [0.5, 0.6) is 0 Å². The molecular weight excluding hydrogens is 514 g/mol. The predicted octanol–water partition coefficient (Wildman–Crippen LogP) is 9.94. The molecule has 0 spiro atoms. The predicted molar refractivity (Wildman–Crippen MR) is 171 cm³/mol. The van der Waals surface area contributed by atoms with Crippen LogP contribution in [0.3, 0.4) is 0 Å². The number of benzene rings is 6. The molecule has 0 bridgehead atoms. The van der Waals surface area contributed by atoms with Gasteiger partial charge in [-0.05, 0) is 53.1 Å². The summed E-state index contributed by atoms with van der Waals surface area (Å²) in [6, 6.07) is 44.8. The number of para-hydroxylation sites is 4. The Morgan fingerprint density at radius 1 is 0.500 bits per heavy atom. The average Bonchev–Trinajstić information content (AvgIpc) is 3.56. The van der Waals surface area contributed by atoms with Gasteiger partial charge in [0.1, 0.15) is 16.9 Å². The smallest absolute Gasteiger partial charge is 0.165 e. The van der Waals surface area contributed by atoms with Gasteiger partial charge in [0.15, 0.2) is 5.82 Å². The van der Waals surface area contributed by atoms with E-state index in [1.165, 1.54) is 21.9 Å². The van der Waals surface area contributed by atoms with Crippen LogP contribution in [0.2, 0.25) is 0 Å². The summed E-state index contributed by atoms with van der Waals surface area (Å²) >= 11 is 0. The van der Waals surface area contributed by atoms with Crippen LogP contribution in [0.1, 0.15) is 0 Å². The third-order valence-electron chi connectivity index (χ3n) is 8.74. The second-order valence-corrected chi connectivity index (χ2v) is 11.0. The molecule has 0 fully saturated rings. The van der Waals surface area contributed by atoms with Gasteiger partial charge in [0.05, 0.1) is 22.1 Å². The fraction of sp³-hybridized carbons (Fsp3) is 0. The van der Waals surface area contributed by atoms with E-state index in [2.05, 4.69) is 95.6 Å². The molecule has 194 valence electrons. The first kappa shape index (κ1) is 22.0. The Morgan fingerprint density at radius 3 is 2.10 bits per heavy atom. The molecule has 0 N–H and O–H groups in total. The molecule has 4 heteroatoms. The number of fused-ring (bicyclic) bond motifs is 12. The highest BCUT2D eigenvalue weighted by atomic mass is 16.3. The lowest BCUT2D eigenvalue weighted by molar-refractivity contribution is 0.669. The van der Waals surface area contributed by atoms with Crippen molar-refractivity contribution in [2.24, 2.45) is 0 Å². The maximum atomic E-state index is 6.16. The number of nitrogens with zero attached hydrogens (tertiary/aromatic N) is 3. The summed E-state index contributed by atoms with van der Waals surface area (Å²) in [6.45, 7) is 0. The minimum Gasteiger partial charge on any atom is -0.456 e. The van der Waals surface area contributed by atoms with E-state index in [1.807, 2.05) is 36.4 Å². The van der Waals surface area contributed by atoms with Gasteiger partial charge in [0.2, 0.25) is 0 Å². The number of aromatic nitrogens is 3. The van der Waals surface area contributed by atoms with Gasteiger partial charge in [0, 0.05) is 32.7 Å². The van der Waals surface area contributed by atoms with Crippen molar-refractivity contribution in [3.8, 4) is 39.3 Å². The molecule has 0 atom stereocenters. The van der Waals surface area contributed by atoms with Gasteiger partial charge in [-0.1, -0.05) is 91.0 Å². The van der Waals surface area contributed by atoms with Crippen LogP contribution in [0.15, 0.2) is 132 Å². The van der Waals surface area contributed by atoms with E-state index in [9.17, 15) is 0 Å². The first-order valence-corrected chi connectivity index (χ1v) is 14.2. The summed E-state index contributed by atoms with van der Waals surface area (Å²) in [5, 5.41) is 4.67. The van der Waals surface area contributed by atoms with Gasteiger partial charge in [-0.25, -0.2) is 9.97 Å². The minimum atomic E-state index is 0.861. The summed E-state index contributed by atoms with van der Waals surface area (Å²) in [5.41, 5.74) is 12.5. The van der Waals surface area contributed by atoms with Gasteiger partial charge < -0.3 is 4.42 Å². The van der Waals surface area contributed by atoms with Crippen molar-refractivity contribution >= 4 is 54.8 Å². The highest BCUT2D eigenvalue weighted by molar-refractivity contribution is 6.21. The zero-order valence-corrected chi connectivity index (χ0v) is 22.4. The van der Waals surface area contributed by atoms with Crippen LogP contribution in [-0.4, -0.2) is 14.5 Å². The van der Waals surface area contributed by atoms with Crippen LogP contribution in [-0.2, 0) is 0 Å². The first-order chi connectivity index (χ1) is 20.8. The fourth-order valence-electron chi connectivity index (χ4n) is 6.92. The third-order valence-corrected chi connectivity index (χ3v) is 8.74. The van der Waals surface area contributed by atoms with Crippen molar-refractivity contribution < 1.29 is 4.42 Å². The van der Waals surface area contributed by atoms with Gasteiger partial charge in [-0.15, -0.1) is 0 Å². The molecule has 3 aromatic heterocycles. The van der Waals surface area contributed by atoms with Crippen LogP contribution in [0, 0.1) is 0 Å². The highest BCUT2D eigenvalue weighted by Gasteiger charge is 2.28. The van der Waals surface area contributed by atoms with Crippen LogP contribution in [0.25, 0.3) is 94.1 Å². The normalized spacial score (nSPS) is 12.3. The number of rotatable bonds is 1. The fourth-order valence-corrected chi connectivity index (χ4v) is 6.92. The van der Waals surface area contributed by atoms with Gasteiger partial charge >= 0.3 is 0 Å². The number of furan rings is 1. The Bertz CT molecular complexity index is 2590. The summed E-state index contributed by atoms with van der Waals surface area (Å²) in [4.78, 5) is 10.5. The van der Waals surface area contributed by atoms with Crippen LogP contribution in [0.4, 0.5) is 0 Å². The van der Waals surface area contributed by atoms with Crippen molar-refractivity contribution in [1.29, 1.82) is 0 Å². The molecular formula is C38H21N3O. The Morgan fingerprint density at radius 2 is 1.19 bits per heavy atom. The molecule has 0 saturated carbocycles. The topological polar surface area (TPSA) is 43.9 Å². The van der Waals surface area contributed by atoms with Gasteiger partial charge in [-0.3, -0.25) is 4.57 Å². The van der Waals surface area contributed by atoms with E-state index in [1.54, 1.807) is 0 Å². The van der Waals surface area contributed by atoms with Crippen molar-refractivity contribution in [2.75, 3.05) is 0 Å². The molecule has 0 amide bonds. The molecule has 0 radical (unpaired) electrons. The molecule has 10 rings (SSSR count). The SMILES string of the molecule is c1ccc2c(c1)-c1nc3ccccc3nc1-n1c3ccccc3c3c(-c4ccc5oc6ccccc6c5c4)ccc-2c31. The van der Waals surface area contributed by atoms with Crippen molar-refractivity contribution in [2.45, 2.75) is 0 Å². The van der Waals surface area contributed by atoms with Crippen molar-refractivity contribution in [3.63, 3.8) is 0 Å². The molecule has 4 heterocycles. The van der Waals surface area contributed by atoms with Gasteiger partial charge in [-0.2, -0.15) is 0 Å². The molecule has 6 aromatic carbocycles. The number of hydrogen-bond acceptors (Lipinski definition) is 3. The molecule has 42 heavy (non-hydrogen) atoms. The van der Waals surface area contributed by atoms with Crippen molar-refractivity contribution in [3.05, 3.63) is 127 Å². The molecule has 1 aliphatic rings. The second-order valence-electron chi connectivity index (χ2n) is 11.0. The molecule has 9 aromatic rings. The lowest BCUT2D eigenvalue weighted by Crippen LogP contribution is -2.02. The zero-order chi connectivity index (χ0) is 27.4. The largest absolute Gasteiger partial charge is 0.456 e. The van der Waals surface area contributed by atoms with Crippen molar-refractivity contribution in [1.82, 2.24) is 14.5 Å². The minimum absolute atomic E-state index is 0.861. The van der Waals surface area contributed by atoms with Gasteiger partial charge in [0.25, 0.3) is 0 Å². The standard InChI is InChI=1S/C38H21N3O/c1-2-11-26-24(9-1)27-19-18-23(22-17-20-34-29(21-22)25-10-4-8-16-33(25)42-34)35-28-12-3-7-15-32(28)41(37(27)35)38-36(26)39-30-13-5-6-14-31(30)40-38/h1-21H. The Balaban J connectivity index is 1.39. The Kier molecular flexibility index (Phi) is 4.15. The molecule has 0 saturated heterocycles. The summed E-state index contributed by atoms with van der Waals surface area (Å²) in [5.74, 6) is 0.861. The highest BCUT2D eigenvalue weighted by Crippen LogP contribution is 2.48. The van der Waals surface area contributed by atoms with E-state index in [-0.39, 0.29) is 0 Å². The van der Waals surface area contributed by atoms with Crippen LogP contribution < -0.4 is 0 Å². The monoisotopic (exact) mass is 535 g/mol. The zero-order valence-electron chi connectivity index (χ0n) is 22.4. The van der Waals surface area contributed by atoms with E-state index in [4.69, 9.17) is 14.4 Å². The molecule has 1 aliphatic heterocycles. The first-order valence-electron chi connectivity index (χ1n) is 14.2. The number of hydrogen-bond donors (Lipinski definition) is 0. The maximum absolute atomic E-state index is 6.16. The average molecular weight is 536 g/mol. The molecule has 0 unspecified atom stereocenters. The van der Waals surface area contributed by atoms with E-state index in [0.717, 1.165) is 72.2 Å². The van der Waals surface area contributed by atoms with E-state index >= 15 is 0 Å². The quantitative estimate of drug-likeness (QED) is 0.210. The van der Waals surface area contributed by atoms with E-state index < -0.39 is 0 Å². The van der Waals surface area contributed by atoms with E-state index in [0.29, 0.717) is 0 Å². The molecule has 0 aliphatic carbocycles. The Labute approximate surface area is 240 Å². The lowest BCUT2D eigenvalue weighted by atomic mass is 9.92. The Hall–Kier alpha value is -5.74. The maximum Gasteiger partial charge on any atom is 0.165 e. The lowest BCUT2D eigenvalue weighted by Gasteiger charge is -2.12. The summed E-state index contributed by atoms with van der Waals surface area (Å²) in [6.07, 6.45) is 0. The summed E-state index contributed by atoms with van der Waals surface area (Å²) in [7, 11) is 0. The molecule has 4 nitrogen and oxygen atoms in total. The second kappa shape index (κ2) is 7.93. The summed E-state index contributed by atoms with van der Waals surface area (Å²) < 4.78 is 8.50.